The minimum atomic E-state index is -0.386. The zero-order chi connectivity index (χ0) is 19.1. The molecule has 0 radical (unpaired) electrons. The Kier molecular flexibility index (Phi) is 3.75. The van der Waals surface area contributed by atoms with Gasteiger partial charge < -0.3 is 9.30 Å². The first-order valence-corrected chi connectivity index (χ1v) is 8.70. The van der Waals surface area contributed by atoms with E-state index in [1.54, 1.807) is 24.4 Å². The van der Waals surface area contributed by atoms with Gasteiger partial charge in [-0.25, -0.2) is 9.37 Å². The number of nitrogens with zero attached hydrogens (tertiary/aromatic N) is 6. The number of aryl methyl sites for hydroxylation is 1. The highest BCUT2D eigenvalue weighted by atomic mass is 19.1. The predicted molar refractivity (Wildman–Crippen MR) is 101 cm³/mol. The first-order chi connectivity index (χ1) is 13.7. The summed E-state index contributed by atoms with van der Waals surface area (Å²) in [6, 6.07) is 8.24. The van der Waals surface area contributed by atoms with Gasteiger partial charge >= 0.3 is 0 Å². The van der Waals surface area contributed by atoms with Gasteiger partial charge in [0.25, 0.3) is 0 Å². The molecule has 5 rings (SSSR count). The smallest absolute Gasteiger partial charge is 0.240 e. The van der Waals surface area contributed by atoms with Crippen molar-refractivity contribution >= 4 is 11.2 Å². The number of benzene rings is 1. The molecule has 0 N–H and O–H groups in total. The van der Waals surface area contributed by atoms with Gasteiger partial charge in [-0.05, 0) is 23.8 Å². The Morgan fingerprint density at radius 1 is 1.14 bits per heavy atom. The Morgan fingerprint density at radius 2 is 2.00 bits per heavy atom. The third-order valence-electron chi connectivity index (χ3n) is 4.60. The third kappa shape index (κ3) is 2.66. The van der Waals surface area contributed by atoms with Crippen LogP contribution in [0.2, 0.25) is 0 Å². The van der Waals surface area contributed by atoms with Crippen molar-refractivity contribution in [3.8, 4) is 17.3 Å². The minimum absolute atomic E-state index is 0.253. The van der Waals surface area contributed by atoms with E-state index in [0.717, 1.165) is 17.0 Å². The Labute approximate surface area is 159 Å². The summed E-state index contributed by atoms with van der Waals surface area (Å²) >= 11 is 0. The van der Waals surface area contributed by atoms with E-state index >= 15 is 0 Å². The largest absolute Gasteiger partial charge is 0.468 e. The van der Waals surface area contributed by atoms with Gasteiger partial charge in [-0.15, -0.1) is 15.3 Å². The molecule has 0 unspecified atom stereocenters. The van der Waals surface area contributed by atoms with Crippen LogP contribution < -0.4 is 4.74 Å². The first-order valence-electron chi connectivity index (χ1n) is 8.70. The summed E-state index contributed by atoms with van der Waals surface area (Å²) in [5.74, 6) is 1.11. The lowest BCUT2D eigenvalue weighted by atomic mass is 10.0. The second-order valence-corrected chi connectivity index (χ2v) is 6.36. The number of rotatable bonds is 5. The van der Waals surface area contributed by atoms with Crippen LogP contribution in [0.1, 0.15) is 11.4 Å². The highest BCUT2D eigenvalue weighted by Crippen LogP contribution is 2.31. The molecular formula is C20H15FN6O. The third-order valence-corrected chi connectivity index (χ3v) is 4.60. The van der Waals surface area contributed by atoms with Gasteiger partial charge in [0.2, 0.25) is 5.88 Å². The highest BCUT2D eigenvalue weighted by Gasteiger charge is 2.19. The van der Waals surface area contributed by atoms with E-state index in [-0.39, 0.29) is 12.4 Å². The van der Waals surface area contributed by atoms with E-state index in [4.69, 9.17) is 4.74 Å². The summed E-state index contributed by atoms with van der Waals surface area (Å²) in [7, 11) is 1.90. The van der Waals surface area contributed by atoms with E-state index in [1.807, 2.05) is 42.1 Å². The lowest BCUT2D eigenvalue weighted by molar-refractivity contribution is 0.275. The molecule has 1 aromatic carbocycles. The molecule has 1 aliphatic carbocycles. The molecule has 0 spiro atoms. The van der Waals surface area contributed by atoms with E-state index < -0.39 is 0 Å². The van der Waals surface area contributed by atoms with Crippen molar-refractivity contribution in [2.24, 2.45) is 7.05 Å². The van der Waals surface area contributed by atoms with Gasteiger partial charge in [0.15, 0.2) is 11.5 Å². The highest BCUT2D eigenvalue weighted by molar-refractivity contribution is 5.84. The van der Waals surface area contributed by atoms with Crippen LogP contribution in [0.5, 0.6) is 5.88 Å². The molecule has 138 valence electrons. The van der Waals surface area contributed by atoms with Crippen LogP contribution in [0.4, 0.5) is 4.39 Å². The molecular weight excluding hydrogens is 359 g/mol. The Morgan fingerprint density at radius 3 is 2.71 bits per heavy atom. The molecule has 1 aliphatic rings. The van der Waals surface area contributed by atoms with Gasteiger partial charge in [-0.3, -0.25) is 0 Å². The molecule has 0 bridgehead atoms. The zero-order valence-corrected chi connectivity index (χ0v) is 15.0. The predicted octanol–water partition coefficient (Wildman–Crippen LogP) is 3.20. The van der Waals surface area contributed by atoms with E-state index in [0.29, 0.717) is 22.9 Å². The Balaban J connectivity index is 1.61. The summed E-state index contributed by atoms with van der Waals surface area (Å²) in [4.78, 5) is 4.27. The van der Waals surface area contributed by atoms with Gasteiger partial charge in [0.05, 0.1) is 5.56 Å². The molecule has 0 fully saturated rings. The number of fused-ring (bicyclic) bond motifs is 1. The van der Waals surface area contributed by atoms with Crippen molar-refractivity contribution in [3.63, 3.8) is 0 Å². The standard InChI is InChI=1S/C20H15FN6O/c1-26-10-9-22-18(26)12-28-20-15(13-5-4-6-13)11-17-23-24-19(27(17)25-20)14-7-2-3-8-16(14)21/h2-11H,12H2,1H3. The van der Waals surface area contributed by atoms with Crippen molar-refractivity contribution in [1.29, 1.82) is 0 Å². The van der Waals surface area contributed by atoms with Crippen LogP contribution in [0, 0.1) is 5.82 Å². The van der Waals surface area contributed by atoms with Crippen molar-refractivity contribution in [1.82, 2.24) is 29.4 Å². The summed E-state index contributed by atoms with van der Waals surface area (Å²) in [6.45, 7) is 0.253. The molecule has 3 aromatic heterocycles. The fourth-order valence-electron chi connectivity index (χ4n) is 2.98. The topological polar surface area (TPSA) is 70.1 Å². The fraction of sp³-hybridized carbons (Fsp3) is 0.100. The number of allylic oxidation sites excluding steroid dienone is 4. The second kappa shape index (κ2) is 6.41. The quantitative estimate of drug-likeness (QED) is 0.537. The van der Waals surface area contributed by atoms with E-state index in [1.165, 1.54) is 10.6 Å². The number of ether oxygens (including phenoxy) is 1. The van der Waals surface area contributed by atoms with Crippen LogP contribution in [0.3, 0.4) is 0 Å². The molecule has 3 heterocycles. The maximum atomic E-state index is 14.3. The summed E-state index contributed by atoms with van der Waals surface area (Å²) in [5.41, 5.74) is 2.63. The zero-order valence-electron chi connectivity index (χ0n) is 15.0. The number of imidazole rings is 1. The number of hydrogen-bond donors (Lipinski definition) is 0. The summed E-state index contributed by atoms with van der Waals surface area (Å²) < 4.78 is 23.6. The molecule has 7 nitrogen and oxygen atoms in total. The number of halogens is 1. The molecule has 0 atom stereocenters. The first kappa shape index (κ1) is 16.4. The van der Waals surface area contributed by atoms with Crippen molar-refractivity contribution in [3.05, 3.63) is 78.2 Å². The SMILES string of the molecule is Cn1ccnc1COc1nn2c(-c3ccccc3F)nnc2cc1C1=CC=C1. The molecule has 0 saturated heterocycles. The van der Waals surface area contributed by atoms with Crippen LogP contribution >= 0.6 is 0 Å². The number of hydrogen-bond acceptors (Lipinski definition) is 5. The van der Waals surface area contributed by atoms with Crippen LogP contribution in [0.25, 0.3) is 22.6 Å². The monoisotopic (exact) mass is 374 g/mol. The number of aromatic nitrogens is 6. The molecule has 0 aliphatic heterocycles. The van der Waals surface area contributed by atoms with Gasteiger partial charge in [0.1, 0.15) is 18.2 Å². The second-order valence-electron chi connectivity index (χ2n) is 6.36. The lowest BCUT2D eigenvalue weighted by Crippen LogP contribution is -2.08. The van der Waals surface area contributed by atoms with E-state index in [9.17, 15) is 4.39 Å². The molecule has 28 heavy (non-hydrogen) atoms. The Hall–Kier alpha value is -3.81. The average Bonchev–Trinajstić information content (AvgIpc) is 3.24. The molecule has 0 amide bonds. The van der Waals surface area contributed by atoms with Gasteiger partial charge in [0, 0.05) is 25.0 Å². The van der Waals surface area contributed by atoms with Crippen LogP contribution in [-0.2, 0) is 13.7 Å². The normalized spacial score (nSPS) is 12.9. The maximum Gasteiger partial charge on any atom is 0.240 e. The maximum absolute atomic E-state index is 14.3. The lowest BCUT2D eigenvalue weighted by Gasteiger charge is -2.14. The Bertz CT molecular complexity index is 1250. The van der Waals surface area contributed by atoms with Crippen molar-refractivity contribution in [2.75, 3.05) is 0 Å². The average molecular weight is 374 g/mol. The summed E-state index contributed by atoms with van der Waals surface area (Å²) in [6.07, 6.45) is 9.44. The van der Waals surface area contributed by atoms with E-state index in [2.05, 4.69) is 20.3 Å². The van der Waals surface area contributed by atoms with Crippen molar-refractivity contribution in [2.45, 2.75) is 6.61 Å². The molecule has 0 saturated carbocycles. The minimum Gasteiger partial charge on any atom is -0.468 e. The summed E-state index contributed by atoms with van der Waals surface area (Å²) in [5, 5.41) is 12.9. The molecule has 8 heteroatoms. The van der Waals surface area contributed by atoms with Gasteiger partial charge in [-0.1, -0.05) is 30.4 Å². The molecule has 4 aromatic rings. The van der Waals surface area contributed by atoms with Crippen LogP contribution in [-0.4, -0.2) is 29.4 Å². The van der Waals surface area contributed by atoms with Crippen molar-refractivity contribution < 1.29 is 9.13 Å². The van der Waals surface area contributed by atoms with Crippen LogP contribution in [0.15, 0.2) is 61.0 Å². The van der Waals surface area contributed by atoms with Gasteiger partial charge in [-0.2, -0.15) is 4.52 Å². The fourth-order valence-corrected chi connectivity index (χ4v) is 2.98.